The van der Waals surface area contributed by atoms with Crippen molar-refractivity contribution >= 4 is 18.7 Å². The largest absolute Gasteiger partial charge is 0.476 e. The van der Waals surface area contributed by atoms with Gasteiger partial charge in [0, 0.05) is 12.2 Å². The van der Waals surface area contributed by atoms with Crippen molar-refractivity contribution in [3.05, 3.63) is 0 Å². The number of hydrogen-bond donors (Lipinski definition) is 0. The van der Waals surface area contributed by atoms with Crippen molar-refractivity contribution in [2.45, 2.75) is 71.4 Å². The van der Waals surface area contributed by atoms with Gasteiger partial charge in [-0.1, -0.05) is 19.8 Å². The van der Waals surface area contributed by atoms with Crippen LogP contribution in [-0.2, 0) is 9.31 Å². The van der Waals surface area contributed by atoms with E-state index in [0.29, 0.717) is 0 Å². The fraction of sp³-hybridized carbons (Fsp3) is 1.00. The topological polar surface area (TPSA) is 18.5 Å². The molecule has 4 heteroatoms. The lowest BCUT2D eigenvalue weighted by Crippen LogP contribution is -2.38. The highest BCUT2D eigenvalue weighted by molar-refractivity contribution is 6.59. The monoisotopic (exact) mass is 234 g/mol. The molecule has 15 heavy (non-hydrogen) atoms. The second-order valence-corrected chi connectivity index (χ2v) is 4.96. The van der Waals surface area contributed by atoms with Gasteiger partial charge >= 0.3 is 7.12 Å². The molecule has 0 fully saturated rings. The Morgan fingerprint density at radius 2 is 1.53 bits per heavy atom. The van der Waals surface area contributed by atoms with Crippen LogP contribution in [-0.4, -0.2) is 24.6 Å². The Hall–Kier alpha value is 0.275. The molecular weight excluding hydrogens is 210 g/mol. The molecular formula is C11H24BClO2. The number of hydrogen-bond acceptors (Lipinski definition) is 2. The molecule has 0 aromatic carbocycles. The molecule has 0 amide bonds. The molecule has 90 valence electrons. The van der Waals surface area contributed by atoms with Gasteiger partial charge in [-0.3, -0.25) is 0 Å². The first-order chi connectivity index (χ1) is 6.97. The van der Waals surface area contributed by atoms with Gasteiger partial charge in [0.2, 0.25) is 0 Å². The Morgan fingerprint density at radius 3 is 1.87 bits per heavy atom. The quantitative estimate of drug-likeness (QED) is 0.471. The summed E-state index contributed by atoms with van der Waals surface area (Å²) in [6.45, 7) is 10.2. The fourth-order valence-electron chi connectivity index (χ4n) is 1.27. The third-order valence-electron chi connectivity index (χ3n) is 1.94. The summed E-state index contributed by atoms with van der Waals surface area (Å²) in [6, 6.07) is 0. The highest BCUT2D eigenvalue weighted by Crippen LogP contribution is 2.15. The molecule has 0 saturated heterocycles. The molecule has 0 aliphatic rings. The Kier molecular flexibility index (Phi) is 8.58. The Morgan fingerprint density at radius 1 is 1.07 bits per heavy atom. The molecule has 1 unspecified atom stereocenters. The summed E-state index contributed by atoms with van der Waals surface area (Å²) >= 11 is 6.26. The summed E-state index contributed by atoms with van der Waals surface area (Å²) in [5.74, 6) is 0. The highest BCUT2D eigenvalue weighted by Gasteiger charge is 2.30. The van der Waals surface area contributed by atoms with Crippen LogP contribution >= 0.6 is 11.6 Å². The van der Waals surface area contributed by atoms with Crippen molar-refractivity contribution in [2.75, 3.05) is 0 Å². The van der Waals surface area contributed by atoms with Gasteiger partial charge in [-0.2, -0.15) is 0 Å². The number of unbranched alkanes of at least 4 members (excludes halogenated alkanes) is 1. The summed E-state index contributed by atoms with van der Waals surface area (Å²) in [7, 11) is -0.279. The summed E-state index contributed by atoms with van der Waals surface area (Å²) < 4.78 is 11.3. The van der Waals surface area contributed by atoms with E-state index in [-0.39, 0.29) is 24.6 Å². The summed E-state index contributed by atoms with van der Waals surface area (Å²) in [6.07, 6.45) is 3.52. The maximum absolute atomic E-state index is 6.26. The average Bonchev–Trinajstić information content (AvgIpc) is 2.11. The van der Waals surface area contributed by atoms with Crippen molar-refractivity contribution in [3.8, 4) is 0 Å². The molecule has 1 atom stereocenters. The van der Waals surface area contributed by atoms with Crippen molar-refractivity contribution in [2.24, 2.45) is 0 Å². The first-order valence-electron chi connectivity index (χ1n) is 5.92. The van der Waals surface area contributed by atoms with Gasteiger partial charge < -0.3 is 9.31 Å². The highest BCUT2D eigenvalue weighted by atomic mass is 35.5. The molecule has 0 spiro atoms. The molecule has 0 rings (SSSR count). The predicted molar refractivity (Wildman–Crippen MR) is 67.4 cm³/mol. The zero-order valence-corrected chi connectivity index (χ0v) is 11.4. The van der Waals surface area contributed by atoms with Crippen molar-refractivity contribution in [1.82, 2.24) is 0 Å². The summed E-state index contributed by atoms with van der Waals surface area (Å²) in [5, 5.41) is -0.0465. The van der Waals surface area contributed by atoms with Crippen molar-refractivity contribution < 1.29 is 9.31 Å². The maximum atomic E-state index is 6.26. The first-order valence-corrected chi connectivity index (χ1v) is 6.36. The summed E-state index contributed by atoms with van der Waals surface area (Å²) in [4.78, 5) is 0. The van der Waals surface area contributed by atoms with E-state index >= 15 is 0 Å². The smallest absolute Gasteiger partial charge is 0.408 e. The normalized spacial score (nSPS) is 13.6. The van der Waals surface area contributed by atoms with Gasteiger partial charge in [0.05, 0.1) is 5.28 Å². The predicted octanol–water partition coefficient (Wildman–Crippen LogP) is 3.66. The van der Waals surface area contributed by atoms with E-state index in [1.807, 2.05) is 27.7 Å². The van der Waals surface area contributed by atoms with Crippen LogP contribution in [0.5, 0.6) is 0 Å². The van der Waals surface area contributed by atoms with Gasteiger partial charge in [0.15, 0.2) is 0 Å². The SMILES string of the molecule is CCCCC(Cl)B(OC(C)C)OC(C)C. The van der Waals surface area contributed by atoms with Crippen molar-refractivity contribution in [3.63, 3.8) is 0 Å². The lowest BCUT2D eigenvalue weighted by Gasteiger charge is -2.23. The first kappa shape index (κ1) is 15.3. The van der Waals surface area contributed by atoms with Gasteiger partial charge in [-0.15, -0.1) is 11.6 Å². The van der Waals surface area contributed by atoms with Gasteiger partial charge in [0.25, 0.3) is 0 Å². The molecule has 0 aromatic rings. The van der Waals surface area contributed by atoms with Crippen LogP contribution < -0.4 is 0 Å². The minimum Gasteiger partial charge on any atom is -0.408 e. The summed E-state index contributed by atoms with van der Waals surface area (Å²) in [5.41, 5.74) is 0. The van der Waals surface area contributed by atoms with Gasteiger partial charge in [0.1, 0.15) is 0 Å². The second kappa shape index (κ2) is 8.43. The van der Waals surface area contributed by atoms with Crippen LogP contribution in [0.2, 0.25) is 0 Å². The second-order valence-electron chi connectivity index (χ2n) is 4.40. The van der Waals surface area contributed by atoms with Crippen LogP contribution in [0.15, 0.2) is 0 Å². The van der Waals surface area contributed by atoms with E-state index in [2.05, 4.69) is 6.92 Å². The number of halogens is 1. The lowest BCUT2D eigenvalue weighted by molar-refractivity contribution is 0.127. The molecule has 0 saturated carbocycles. The van der Waals surface area contributed by atoms with E-state index in [1.54, 1.807) is 0 Å². The van der Waals surface area contributed by atoms with E-state index in [1.165, 1.54) is 0 Å². The molecule has 0 aliphatic carbocycles. The van der Waals surface area contributed by atoms with E-state index < -0.39 is 0 Å². The van der Waals surface area contributed by atoms with Crippen LogP contribution in [0, 0.1) is 0 Å². The molecule has 2 nitrogen and oxygen atoms in total. The van der Waals surface area contributed by atoms with E-state index in [4.69, 9.17) is 20.9 Å². The molecule has 0 radical (unpaired) electrons. The third-order valence-corrected chi connectivity index (χ3v) is 2.37. The third kappa shape index (κ3) is 8.12. The Labute approximate surface area is 99.8 Å². The average molecular weight is 235 g/mol. The Bertz CT molecular complexity index is 144. The van der Waals surface area contributed by atoms with Gasteiger partial charge in [-0.05, 0) is 34.1 Å². The molecule has 0 aromatic heterocycles. The van der Waals surface area contributed by atoms with Crippen LogP contribution in [0.3, 0.4) is 0 Å². The minimum absolute atomic E-state index is 0.0465. The number of rotatable bonds is 8. The fourth-order valence-corrected chi connectivity index (χ4v) is 1.55. The molecule has 0 N–H and O–H groups in total. The van der Waals surface area contributed by atoms with E-state index in [0.717, 1.165) is 19.3 Å². The molecule has 0 heterocycles. The number of alkyl halides is 1. The molecule has 0 bridgehead atoms. The maximum Gasteiger partial charge on any atom is 0.476 e. The molecule has 0 aliphatic heterocycles. The lowest BCUT2D eigenvalue weighted by atomic mass is 9.80. The van der Waals surface area contributed by atoms with E-state index in [9.17, 15) is 0 Å². The standard InChI is InChI=1S/C11H24BClO2/c1-6-7-8-11(13)12(14-9(2)3)15-10(4)5/h9-11H,6-8H2,1-5H3. The van der Waals surface area contributed by atoms with Crippen LogP contribution in [0.25, 0.3) is 0 Å². The van der Waals surface area contributed by atoms with Crippen molar-refractivity contribution in [1.29, 1.82) is 0 Å². The van der Waals surface area contributed by atoms with Gasteiger partial charge in [-0.25, -0.2) is 0 Å². The zero-order chi connectivity index (χ0) is 11.8. The Balaban J connectivity index is 4.07. The minimum atomic E-state index is -0.279. The van der Waals surface area contributed by atoms with Crippen LogP contribution in [0.1, 0.15) is 53.9 Å². The van der Waals surface area contributed by atoms with Crippen LogP contribution in [0.4, 0.5) is 0 Å². The zero-order valence-electron chi connectivity index (χ0n) is 10.6.